The van der Waals surface area contributed by atoms with E-state index < -0.39 is 11.4 Å². The summed E-state index contributed by atoms with van der Waals surface area (Å²) in [5.41, 5.74) is -1.01. The van der Waals surface area contributed by atoms with Crippen LogP contribution in [0.3, 0.4) is 0 Å². The second-order valence-corrected chi connectivity index (χ2v) is 4.39. The Labute approximate surface area is 88.0 Å². The molecule has 0 aromatic rings. The van der Waals surface area contributed by atoms with Gasteiger partial charge in [-0.2, -0.15) is 0 Å². The van der Waals surface area contributed by atoms with E-state index in [9.17, 15) is 14.4 Å². The summed E-state index contributed by atoms with van der Waals surface area (Å²) >= 11 is 0. The summed E-state index contributed by atoms with van der Waals surface area (Å²) < 4.78 is 4.91. The third kappa shape index (κ3) is 1.39. The second-order valence-electron chi connectivity index (χ2n) is 4.39. The van der Waals surface area contributed by atoms with Crippen molar-refractivity contribution in [2.24, 2.45) is 11.3 Å². The maximum Gasteiger partial charge on any atom is 0.320 e. The molecule has 82 valence electrons. The molecule has 1 saturated carbocycles. The average molecular weight is 210 g/mol. The van der Waals surface area contributed by atoms with E-state index in [1.165, 1.54) is 6.92 Å². The lowest BCUT2D eigenvalue weighted by molar-refractivity contribution is -0.153. The van der Waals surface area contributed by atoms with Crippen LogP contribution in [0.25, 0.3) is 0 Å². The van der Waals surface area contributed by atoms with Crippen LogP contribution in [0.15, 0.2) is 0 Å². The van der Waals surface area contributed by atoms with Gasteiger partial charge in [-0.3, -0.25) is 14.4 Å². The minimum absolute atomic E-state index is 0.127. The molecule has 0 N–H and O–H groups in total. The van der Waals surface area contributed by atoms with Gasteiger partial charge in [0.1, 0.15) is 17.0 Å². The zero-order chi connectivity index (χ0) is 11.1. The highest BCUT2D eigenvalue weighted by Gasteiger charge is 2.55. The number of carbonyl (C=O) groups is 3. The van der Waals surface area contributed by atoms with Gasteiger partial charge in [-0.15, -0.1) is 0 Å². The number of cyclic esters (lactones) is 1. The van der Waals surface area contributed by atoms with E-state index in [2.05, 4.69) is 0 Å². The van der Waals surface area contributed by atoms with E-state index in [0.717, 1.165) is 0 Å². The van der Waals surface area contributed by atoms with E-state index in [-0.39, 0.29) is 17.5 Å². The summed E-state index contributed by atoms with van der Waals surface area (Å²) in [5, 5.41) is 0. The van der Waals surface area contributed by atoms with Crippen LogP contribution in [0.1, 0.15) is 32.6 Å². The molecule has 1 saturated heterocycles. The van der Waals surface area contributed by atoms with Crippen LogP contribution in [0.4, 0.5) is 0 Å². The molecule has 0 spiro atoms. The number of hydrogen-bond donors (Lipinski definition) is 0. The van der Waals surface area contributed by atoms with Crippen molar-refractivity contribution in [3.05, 3.63) is 0 Å². The normalized spacial score (nSPS) is 35.7. The standard InChI is InChI=1S/C11H14O4/c1-7(12)11(4-5-15-10(11)14)8-2-3-9(13)6-8/h8H,2-6H2,1H3. The molecular formula is C11H14O4. The molecule has 4 nitrogen and oxygen atoms in total. The molecule has 0 aromatic heterocycles. The third-order valence-electron chi connectivity index (χ3n) is 3.66. The highest BCUT2D eigenvalue weighted by molar-refractivity contribution is 6.04. The summed E-state index contributed by atoms with van der Waals surface area (Å²) in [6.45, 7) is 1.73. The number of ether oxygens (including phenoxy) is 1. The van der Waals surface area contributed by atoms with Crippen molar-refractivity contribution in [3.8, 4) is 0 Å². The van der Waals surface area contributed by atoms with Gasteiger partial charge >= 0.3 is 5.97 Å². The molecule has 2 unspecified atom stereocenters. The quantitative estimate of drug-likeness (QED) is 0.501. The number of hydrogen-bond acceptors (Lipinski definition) is 4. The number of ketones is 2. The van der Waals surface area contributed by atoms with Gasteiger partial charge in [0.05, 0.1) is 6.61 Å². The van der Waals surface area contributed by atoms with Crippen LogP contribution in [0.2, 0.25) is 0 Å². The number of carbonyl (C=O) groups excluding carboxylic acids is 3. The minimum Gasteiger partial charge on any atom is -0.465 e. The Bertz CT molecular complexity index is 333. The molecule has 0 amide bonds. The average Bonchev–Trinajstić information content (AvgIpc) is 2.72. The fourth-order valence-corrected chi connectivity index (χ4v) is 2.75. The number of Topliss-reactive ketones (excluding diaryl/α,β-unsaturated/α-hetero) is 2. The van der Waals surface area contributed by atoms with Crippen LogP contribution in [0, 0.1) is 11.3 Å². The Hall–Kier alpha value is -1.19. The molecule has 2 atom stereocenters. The lowest BCUT2D eigenvalue weighted by atomic mass is 9.70. The Morgan fingerprint density at radius 3 is 2.60 bits per heavy atom. The lowest BCUT2D eigenvalue weighted by Gasteiger charge is -2.27. The molecule has 1 aliphatic heterocycles. The summed E-state index contributed by atoms with van der Waals surface area (Å²) in [6, 6.07) is 0. The molecule has 4 heteroatoms. The van der Waals surface area contributed by atoms with Gasteiger partial charge in [0, 0.05) is 19.3 Å². The van der Waals surface area contributed by atoms with Gasteiger partial charge in [-0.25, -0.2) is 0 Å². The fraction of sp³-hybridized carbons (Fsp3) is 0.727. The summed E-state index contributed by atoms with van der Waals surface area (Å²) in [4.78, 5) is 34.6. The predicted octanol–water partition coefficient (Wildman–Crippen LogP) is 0.878. The minimum atomic E-state index is -1.01. The zero-order valence-corrected chi connectivity index (χ0v) is 8.75. The van der Waals surface area contributed by atoms with Crippen molar-refractivity contribution in [2.45, 2.75) is 32.6 Å². The molecule has 0 radical (unpaired) electrons. The molecule has 2 fully saturated rings. The van der Waals surface area contributed by atoms with Crippen LogP contribution < -0.4 is 0 Å². The Kier molecular flexibility index (Phi) is 2.37. The predicted molar refractivity (Wildman–Crippen MR) is 51.0 cm³/mol. The van der Waals surface area contributed by atoms with Gasteiger partial charge in [0.2, 0.25) is 0 Å². The van der Waals surface area contributed by atoms with Crippen LogP contribution in [-0.2, 0) is 19.1 Å². The first-order valence-corrected chi connectivity index (χ1v) is 5.27. The van der Waals surface area contributed by atoms with Crippen molar-refractivity contribution in [3.63, 3.8) is 0 Å². The first-order chi connectivity index (χ1) is 7.07. The maximum atomic E-state index is 11.7. The molecular weight excluding hydrogens is 196 g/mol. The van der Waals surface area contributed by atoms with Crippen molar-refractivity contribution >= 4 is 17.5 Å². The van der Waals surface area contributed by atoms with Crippen LogP contribution >= 0.6 is 0 Å². The summed E-state index contributed by atoms with van der Waals surface area (Å²) in [6.07, 6.45) is 1.94. The van der Waals surface area contributed by atoms with E-state index in [1.807, 2.05) is 0 Å². The highest BCUT2D eigenvalue weighted by Crippen LogP contribution is 2.45. The van der Waals surface area contributed by atoms with Crippen molar-refractivity contribution in [2.75, 3.05) is 6.61 Å². The third-order valence-corrected chi connectivity index (χ3v) is 3.66. The maximum absolute atomic E-state index is 11.7. The first-order valence-electron chi connectivity index (χ1n) is 5.27. The Morgan fingerprint density at radius 2 is 2.20 bits per heavy atom. The van der Waals surface area contributed by atoms with Gasteiger partial charge in [0.25, 0.3) is 0 Å². The Morgan fingerprint density at radius 1 is 1.47 bits per heavy atom. The van der Waals surface area contributed by atoms with E-state index in [0.29, 0.717) is 32.3 Å². The lowest BCUT2D eigenvalue weighted by Crippen LogP contribution is -2.40. The zero-order valence-electron chi connectivity index (χ0n) is 8.75. The molecule has 0 bridgehead atoms. The molecule has 1 heterocycles. The van der Waals surface area contributed by atoms with E-state index in [1.54, 1.807) is 0 Å². The van der Waals surface area contributed by atoms with Crippen LogP contribution in [0.5, 0.6) is 0 Å². The first kappa shape index (κ1) is 10.3. The topological polar surface area (TPSA) is 60.4 Å². The molecule has 1 aliphatic carbocycles. The smallest absolute Gasteiger partial charge is 0.320 e. The molecule has 15 heavy (non-hydrogen) atoms. The highest BCUT2D eigenvalue weighted by atomic mass is 16.5. The SMILES string of the molecule is CC(=O)C1(C2CCC(=O)C2)CCOC1=O. The summed E-state index contributed by atoms with van der Waals surface area (Å²) in [7, 11) is 0. The van der Waals surface area contributed by atoms with Crippen LogP contribution in [-0.4, -0.2) is 24.1 Å². The van der Waals surface area contributed by atoms with Crippen molar-refractivity contribution in [1.29, 1.82) is 0 Å². The van der Waals surface area contributed by atoms with E-state index in [4.69, 9.17) is 4.74 Å². The number of esters is 1. The van der Waals surface area contributed by atoms with Gasteiger partial charge in [-0.05, 0) is 19.3 Å². The van der Waals surface area contributed by atoms with Gasteiger partial charge < -0.3 is 4.74 Å². The second kappa shape index (κ2) is 3.43. The van der Waals surface area contributed by atoms with Gasteiger partial charge in [-0.1, -0.05) is 0 Å². The fourth-order valence-electron chi connectivity index (χ4n) is 2.75. The van der Waals surface area contributed by atoms with Crippen molar-refractivity contribution in [1.82, 2.24) is 0 Å². The van der Waals surface area contributed by atoms with Crippen molar-refractivity contribution < 1.29 is 19.1 Å². The largest absolute Gasteiger partial charge is 0.465 e. The van der Waals surface area contributed by atoms with Gasteiger partial charge in [0.15, 0.2) is 0 Å². The monoisotopic (exact) mass is 210 g/mol. The molecule has 2 aliphatic rings. The number of rotatable bonds is 2. The van der Waals surface area contributed by atoms with E-state index >= 15 is 0 Å². The summed E-state index contributed by atoms with van der Waals surface area (Å²) in [5.74, 6) is -0.544. The molecule has 0 aromatic carbocycles. The Balaban J connectivity index is 2.31. The molecule has 2 rings (SSSR count).